The molecular formula is C21H20N4O6S. The van der Waals surface area contributed by atoms with Crippen molar-refractivity contribution < 1.29 is 18.1 Å². The minimum atomic E-state index is -3.22. The molecule has 0 aliphatic carbocycles. The monoisotopic (exact) mass is 456 g/mol. The predicted molar refractivity (Wildman–Crippen MR) is 117 cm³/mol. The van der Waals surface area contributed by atoms with Crippen LogP contribution in [0.5, 0.6) is 0 Å². The molecule has 1 fully saturated rings. The van der Waals surface area contributed by atoms with Crippen LogP contribution in [0.3, 0.4) is 0 Å². The number of nitro groups is 1. The standard InChI is InChI=1S/C21H20N4O6S/c26-20(12-23-14-22-19-10-16(25(28)29)6-7-18(19)21(23)27)24(11-15-4-2-1-3-5-15)17-8-9-32(30,31)13-17/h1-7,10,14,17H,8-9,11-13H2/t17-/m0/s1. The van der Waals surface area contributed by atoms with Crippen molar-refractivity contribution in [3.63, 3.8) is 0 Å². The summed E-state index contributed by atoms with van der Waals surface area (Å²) >= 11 is 0. The zero-order valence-corrected chi connectivity index (χ0v) is 17.8. The molecule has 0 spiro atoms. The second kappa shape index (κ2) is 8.50. The number of hydrogen-bond donors (Lipinski definition) is 0. The van der Waals surface area contributed by atoms with E-state index in [0.29, 0.717) is 6.42 Å². The van der Waals surface area contributed by atoms with Crippen LogP contribution in [0.4, 0.5) is 5.69 Å². The minimum Gasteiger partial charge on any atom is -0.333 e. The number of benzene rings is 2. The quantitative estimate of drug-likeness (QED) is 0.406. The Bertz CT molecular complexity index is 1350. The van der Waals surface area contributed by atoms with Gasteiger partial charge in [-0.1, -0.05) is 30.3 Å². The van der Waals surface area contributed by atoms with Crippen LogP contribution in [0.15, 0.2) is 59.7 Å². The Morgan fingerprint density at radius 1 is 1.22 bits per heavy atom. The third kappa shape index (κ3) is 4.52. The molecule has 1 aromatic heterocycles. The highest BCUT2D eigenvalue weighted by molar-refractivity contribution is 7.91. The molecule has 0 unspecified atom stereocenters. The molecule has 32 heavy (non-hydrogen) atoms. The van der Waals surface area contributed by atoms with Gasteiger partial charge >= 0.3 is 0 Å². The summed E-state index contributed by atoms with van der Waals surface area (Å²) in [5.41, 5.74) is 0.323. The normalized spacial score (nSPS) is 17.3. The molecule has 1 amide bonds. The van der Waals surface area contributed by atoms with Crippen LogP contribution in [-0.2, 0) is 27.7 Å². The highest BCUT2D eigenvalue weighted by atomic mass is 32.2. The van der Waals surface area contributed by atoms with Gasteiger partial charge in [0.15, 0.2) is 9.84 Å². The molecular weight excluding hydrogens is 436 g/mol. The zero-order chi connectivity index (χ0) is 22.9. The molecule has 4 rings (SSSR count). The molecule has 1 saturated heterocycles. The largest absolute Gasteiger partial charge is 0.333 e. The first-order valence-electron chi connectivity index (χ1n) is 9.91. The summed E-state index contributed by atoms with van der Waals surface area (Å²) < 4.78 is 25.1. The molecule has 10 nitrogen and oxygen atoms in total. The molecule has 0 radical (unpaired) electrons. The fourth-order valence-corrected chi connectivity index (χ4v) is 5.56. The number of fused-ring (bicyclic) bond motifs is 1. The highest BCUT2D eigenvalue weighted by Gasteiger charge is 2.34. The number of non-ortho nitro benzene ring substituents is 1. The fourth-order valence-electron chi connectivity index (χ4n) is 3.83. The lowest BCUT2D eigenvalue weighted by Crippen LogP contribution is -2.43. The van der Waals surface area contributed by atoms with E-state index in [1.54, 1.807) is 0 Å². The Morgan fingerprint density at radius 3 is 2.62 bits per heavy atom. The molecule has 1 aliphatic rings. The molecule has 0 bridgehead atoms. The topological polar surface area (TPSA) is 132 Å². The summed E-state index contributed by atoms with van der Waals surface area (Å²) in [5, 5.41) is 11.1. The van der Waals surface area contributed by atoms with E-state index >= 15 is 0 Å². The average molecular weight is 456 g/mol. The number of sulfone groups is 1. The Labute approximate surface area is 183 Å². The van der Waals surface area contributed by atoms with Crippen LogP contribution < -0.4 is 5.56 Å². The maximum atomic E-state index is 13.2. The summed E-state index contributed by atoms with van der Waals surface area (Å²) in [4.78, 5) is 42.0. The second-order valence-electron chi connectivity index (χ2n) is 7.70. The number of carbonyl (C=O) groups excluding carboxylic acids is 1. The number of carbonyl (C=O) groups is 1. The number of nitro benzene ring substituents is 1. The molecule has 2 aromatic carbocycles. The summed E-state index contributed by atoms with van der Waals surface area (Å²) in [5.74, 6) is -0.492. The summed E-state index contributed by atoms with van der Waals surface area (Å²) in [6, 6.07) is 12.5. The van der Waals surface area contributed by atoms with Gasteiger partial charge in [0.25, 0.3) is 11.2 Å². The molecule has 3 aromatic rings. The highest BCUT2D eigenvalue weighted by Crippen LogP contribution is 2.21. The first-order chi connectivity index (χ1) is 15.2. The Balaban J connectivity index is 1.63. The van der Waals surface area contributed by atoms with Crippen LogP contribution in [0.1, 0.15) is 12.0 Å². The summed E-state index contributed by atoms with van der Waals surface area (Å²) in [6.45, 7) is -0.0933. The van der Waals surface area contributed by atoms with Crippen molar-refractivity contribution in [2.24, 2.45) is 0 Å². The van der Waals surface area contributed by atoms with Gasteiger partial charge in [-0.25, -0.2) is 13.4 Å². The lowest BCUT2D eigenvalue weighted by molar-refractivity contribution is -0.384. The fraction of sp³-hybridized carbons (Fsp3) is 0.286. The second-order valence-corrected chi connectivity index (χ2v) is 9.93. The Kier molecular flexibility index (Phi) is 5.74. The molecule has 0 saturated carbocycles. The van der Waals surface area contributed by atoms with Gasteiger partial charge in [0.05, 0.1) is 33.7 Å². The summed E-state index contributed by atoms with van der Waals surface area (Å²) in [6.07, 6.45) is 1.52. The van der Waals surface area contributed by atoms with E-state index < -0.39 is 32.3 Å². The van der Waals surface area contributed by atoms with Crippen molar-refractivity contribution in [1.82, 2.24) is 14.5 Å². The van der Waals surface area contributed by atoms with Gasteiger partial charge in [-0.3, -0.25) is 24.3 Å². The van der Waals surface area contributed by atoms with Gasteiger partial charge in [0.2, 0.25) is 5.91 Å². The van der Waals surface area contributed by atoms with Crippen molar-refractivity contribution in [2.45, 2.75) is 25.6 Å². The Hall–Kier alpha value is -3.60. The van der Waals surface area contributed by atoms with E-state index in [4.69, 9.17) is 0 Å². The van der Waals surface area contributed by atoms with Gasteiger partial charge in [0, 0.05) is 24.7 Å². The number of amides is 1. The van der Waals surface area contributed by atoms with Crippen molar-refractivity contribution in [3.8, 4) is 0 Å². The zero-order valence-electron chi connectivity index (χ0n) is 17.0. The van der Waals surface area contributed by atoms with Crippen LogP contribution in [-0.4, -0.2) is 51.2 Å². The Morgan fingerprint density at radius 2 is 1.97 bits per heavy atom. The van der Waals surface area contributed by atoms with E-state index in [-0.39, 0.29) is 41.2 Å². The molecule has 0 N–H and O–H groups in total. The van der Waals surface area contributed by atoms with Crippen molar-refractivity contribution in [1.29, 1.82) is 0 Å². The SMILES string of the molecule is O=C(Cn1cnc2cc([N+](=O)[O-])ccc2c1=O)N(Cc1ccccc1)[C@H]1CCS(=O)(=O)C1. The van der Waals surface area contributed by atoms with E-state index in [1.165, 1.54) is 29.4 Å². The van der Waals surface area contributed by atoms with Crippen molar-refractivity contribution in [2.75, 3.05) is 11.5 Å². The molecule has 166 valence electrons. The van der Waals surface area contributed by atoms with Gasteiger partial charge in [-0.05, 0) is 18.1 Å². The van der Waals surface area contributed by atoms with E-state index in [9.17, 15) is 28.1 Å². The molecule has 1 atom stereocenters. The van der Waals surface area contributed by atoms with Crippen LogP contribution in [0.25, 0.3) is 10.9 Å². The van der Waals surface area contributed by atoms with Gasteiger partial charge in [-0.2, -0.15) is 0 Å². The average Bonchev–Trinajstić information content (AvgIpc) is 3.13. The summed E-state index contributed by atoms with van der Waals surface area (Å²) in [7, 11) is -3.22. The third-order valence-electron chi connectivity index (χ3n) is 5.49. The maximum Gasteiger partial charge on any atom is 0.271 e. The number of rotatable bonds is 6. The van der Waals surface area contributed by atoms with E-state index in [1.807, 2.05) is 30.3 Å². The predicted octanol–water partition coefficient (Wildman–Crippen LogP) is 1.52. The van der Waals surface area contributed by atoms with Crippen LogP contribution in [0, 0.1) is 10.1 Å². The maximum absolute atomic E-state index is 13.2. The first-order valence-corrected chi connectivity index (χ1v) is 11.7. The number of nitrogens with zero attached hydrogens (tertiary/aromatic N) is 4. The van der Waals surface area contributed by atoms with Gasteiger partial charge < -0.3 is 4.90 Å². The van der Waals surface area contributed by atoms with Crippen molar-refractivity contribution in [3.05, 3.63) is 80.9 Å². The lowest BCUT2D eigenvalue weighted by Gasteiger charge is -2.28. The van der Waals surface area contributed by atoms with E-state index in [0.717, 1.165) is 10.1 Å². The number of aromatic nitrogens is 2. The first kappa shape index (κ1) is 21.6. The van der Waals surface area contributed by atoms with Crippen molar-refractivity contribution >= 4 is 32.3 Å². The molecule has 11 heteroatoms. The third-order valence-corrected chi connectivity index (χ3v) is 7.24. The van der Waals surface area contributed by atoms with Crippen LogP contribution >= 0.6 is 0 Å². The molecule has 2 heterocycles. The smallest absolute Gasteiger partial charge is 0.271 e. The van der Waals surface area contributed by atoms with Gasteiger partial charge in [-0.15, -0.1) is 0 Å². The van der Waals surface area contributed by atoms with E-state index in [2.05, 4.69) is 4.98 Å². The number of hydrogen-bond acceptors (Lipinski definition) is 7. The molecule has 1 aliphatic heterocycles. The van der Waals surface area contributed by atoms with Crippen LogP contribution in [0.2, 0.25) is 0 Å². The minimum absolute atomic E-state index is 0.0203. The van der Waals surface area contributed by atoms with Gasteiger partial charge in [0.1, 0.15) is 6.54 Å². The lowest BCUT2D eigenvalue weighted by atomic mass is 10.1.